The highest BCUT2D eigenvalue weighted by molar-refractivity contribution is 5.82. The number of carbonyl (C=O) groups excluding carboxylic acids is 1. The lowest BCUT2D eigenvalue weighted by molar-refractivity contribution is -0.212. The van der Waals surface area contributed by atoms with Crippen molar-refractivity contribution in [3.63, 3.8) is 0 Å². The summed E-state index contributed by atoms with van der Waals surface area (Å²) in [5, 5.41) is 10.2. The Kier molecular flexibility index (Phi) is 2.10. The monoisotopic (exact) mass is 249 g/mol. The molecule has 17 heavy (non-hydrogen) atoms. The molecule has 0 radical (unpaired) electrons. The normalized spacial score (nSPS) is 44.2. The summed E-state index contributed by atoms with van der Waals surface area (Å²) in [6.45, 7) is 0. The van der Waals surface area contributed by atoms with Gasteiger partial charge in [0.1, 0.15) is 0 Å². The second-order valence-corrected chi connectivity index (χ2v) is 5.69. The Morgan fingerprint density at radius 2 is 1.71 bits per heavy atom. The quantitative estimate of drug-likeness (QED) is 0.706. The van der Waals surface area contributed by atoms with Crippen LogP contribution in [-0.2, 0) is 4.79 Å². The van der Waals surface area contributed by atoms with Crippen LogP contribution in [0.2, 0.25) is 0 Å². The fourth-order valence-electron chi connectivity index (χ4n) is 4.06. The molecule has 2 unspecified atom stereocenters. The molecule has 2 saturated heterocycles. The van der Waals surface area contributed by atoms with Gasteiger partial charge in [0.25, 0.3) is 0 Å². The van der Waals surface area contributed by atoms with Gasteiger partial charge in [0.05, 0.1) is 5.60 Å². The van der Waals surface area contributed by atoms with Crippen molar-refractivity contribution in [2.45, 2.75) is 56.0 Å². The SMILES string of the molecule is O=C(N1C2CC3CC1CC(O)(C3)C2)C(F)(F)F. The number of nitrogens with zero attached hydrogens (tertiary/aromatic N) is 1. The molecule has 0 spiro atoms. The summed E-state index contributed by atoms with van der Waals surface area (Å²) >= 11 is 0. The third-order valence-electron chi connectivity index (χ3n) is 4.37. The maximum atomic E-state index is 12.5. The van der Waals surface area contributed by atoms with Gasteiger partial charge in [0.2, 0.25) is 0 Å². The molecule has 0 aromatic heterocycles. The van der Waals surface area contributed by atoms with Gasteiger partial charge in [-0.1, -0.05) is 0 Å². The molecule has 2 heterocycles. The average molecular weight is 249 g/mol. The predicted octanol–water partition coefficient (Wildman–Crippen LogP) is 1.45. The first kappa shape index (κ1) is 11.3. The number of aliphatic hydroxyl groups is 1. The number of hydrogen-bond acceptors (Lipinski definition) is 2. The fourth-order valence-corrected chi connectivity index (χ4v) is 4.06. The van der Waals surface area contributed by atoms with Crippen LogP contribution in [0.3, 0.4) is 0 Å². The summed E-state index contributed by atoms with van der Waals surface area (Å²) in [5.74, 6) is -1.44. The minimum Gasteiger partial charge on any atom is -0.390 e. The van der Waals surface area contributed by atoms with E-state index in [4.69, 9.17) is 0 Å². The highest BCUT2D eigenvalue weighted by Gasteiger charge is 2.58. The maximum Gasteiger partial charge on any atom is 0.471 e. The fraction of sp³-hybridized carbons (Fsp3) is 0.909. The number of piperidine rings is 2. The Morgan fingerprint density at radius 3 is 2.12 bits per heavy atom. The van der Waals surface area contributed by atoms with Gasteiger partial charge in [-0.05, 0) is 38.0 Å². The van der Waals surface area contributed by atoms with Gasteiger partial charge in [-0.3, -0.25) is 4.79 Å². The average Bonchev–Trinajstić information content (AvgIpc) is 2.11. The van der Waals surface area contributed by atoms with Crippen LogP contribution in [0.4, 0.5) is 13.2 Å². The highest BCUT2D eigenvalue weighted by Crippen LogP contribution is 2.51. The summed E-state index contributed by atoms with van der Waals surface area (Å²) in [5.41, 5.74) is -0.821. The molecule has 2 aliphatic heterocycles. The van der Waals surface area contributed by atoms with Crippen molar-refractivity contribution >= 4 is 5.91 Å². The van der Waals surface area contributed by atoms with E-state index < -0.39 is 29.8 Å². The Balaban J connectivity index is 1.87. The number of rotatable bonds is 0. The van der Waals surface area contributed by atoms with Gasteiger partial charge in [-0.15, -0.1) is 0 Å². The molecule has 4 rings (SSSR count). The molecule has 4 bridgehead atoms. The van der Waals surface area contributed by atoms with Gasteiger partial charge in [-0.25, -0.2) is 0 Å². The van der Waals surface area contributed by atoms with Crippen LogP contribution in [0.1, 0.15) is 32.1 Å². The van der Waals surface area contributed by atoms with E-state index in [-0.39, 0.29) is 5.92 Å². The van der Waals surface area contributed by atoms with Crippen molar-refractivity contribution in [2.75, 3.05) is 0 Å². The van der Waals surface area contributed by atoms with Crippen LogP contribution in [-0.4, -0.2) is 39.8 Å². The number of carbonyl (C=O) groups is 1. The Bertz CT molecular complexity index is 352. The van der Waals surface area contributed by atoms with Gasteiger partial charge >= 0.3 is 12.1 Å². The Labute approximate surface area is 96.6 Å². The number of halogens is 3. The first-order valence-corrected chi connectivity index (χ1v) is 5.90. The minimum atomic E-state index is -4.79. The molecule has 4 aliphatic rings. The third kappa shape index (κ3) is 1.64. The zero-order valence-corrected chi connectivity index (χ0v) is 9.20. The lowest BCUT2D eigenvalue weighted by Crippen LogP contribution is -2.67. The lowest BCUT2D eigenvalue weighted by Gasteiger charge is -2.59. The van der Waals surface area contributed by atoms with Crippen molar-refractivity contribution < 1.29 is 23.1 Å². The number of alkyl halides is 3. The molecule has 4 fully saturated rings. The lowest BCUT2D eigenvalue weighted by atomic mass is 9.61. The van der Waals surface area contributed by atoms with E-state index in [2.05, 4.69) is 0 Å². The van der Waals surface area contributed by atoms with Gasteiger partial charge in [-0.2, -0.15) is 13.2 Å². The summed E-state index contributed by atoms with van der Waals surface area (Å²) in [4.78, 5) is 12.4. The standard InChI is InChI=1S/C11H14F3NO2/c12-11(13,14)9(16)15-7-1-6-2-8(15)5-10(17,3-6)4-7/h6-8,17H,1-5H2. The summed E-state index contributed by atoms with van der Waals surface area (Å²) < 4.78 is 37.5. The Morgan fingerprint density at radius 1 is 1.18 bits per heavy atom. The molecule has 1 N–H and O–H groups in total. The van der Waals surface area contributed by atoms with Crippen LogP contribution >= 0.6 is 0 Å². The van der Waals surface area contributed by atoms with E-state index in [1.165, 1.54) is 0 Å². The van der Waals surface area contributed by atoms with Crippen molar-refractivity contribution in [2.24, 2.45) is 5.92 Å². The number of hydrogen-bond donors (Lipinski definition) is 1. The topological polar surface area (TPSA) is 40.5 Å². The van der Waals surface area contributed by atoms with Crippen LogP contribution < -0.4 is 0 Å². The first-order chi connectivity index (χ1) is 7.78. The van der Waals surface area contributed by atoms with Crippen LogP contribution in [0.15, 0.2) is 0 Å². The Hall–Kier alpha value is -0.780. The maximum absolute atomic E-state index is 12.5. The van der Waals surface area contributed by atoms with E-state index >= 15 is 0 Å². The van der Waals surface area contributed by atoms with E-state index in [1.807, 2.05) is 0 Å². The molecule has 2 aliphatic carbocycles. The molecular formula is C11H14F3NO2. The van der Waals surface area contributed by atoms with Crippen molar-refractivity contribution in [3.8, 4) is 0 Å². The van der Waals surface area contributed by atoms with E-state index in [0.717, 1.165) is 4.90 Å². The smallest absolute Gasteiger partial charge is 0.390 e. The van der Waals surface area contributed by atoms with E-state index in [9.17, 15) is 23.1 Å². The summed E-state index contributed by atoms with van der Waals surface area (Å²) in [6.07, 6.45) is -2.27. The van der Waals surface area contributed by atoms with Crippen molar-refractivity contribution in [1.82, 2.24) is 4.90 Å². The van der Waals surface area contributed by atoms with Crippen molar-refractivity contribution in [3.05, 3.63) is 0 Å². The van der Waals surface area contributed by atoms with Gasteiger partial charge in [0, 0.05) is 12.1 Å². The molecule has 0 aromatic rings. The minimum absolute atomic E-state index is 0.287. The molecule has 2 atom stereocenters. The summed E-state index contributed by atoms with van der Waals surface area (Å²) in [6, 6.07) is -0.833. The number of amides is 1. The second kappa shape index (κ2) is 3.16. The molecule has 3 nitrogen and oxygen atoms in total. The highest BCUT2D eigenvalue weighted by atomic mass is 19.4. The molecule has 6 heteroatoms. The molecule has 2 saturated carbocycles. The predicted molar refractivity (Wildman–Crippen MR) is 52.0 cm³/mol. The zero-order chi connectivity index (χ0) is 12.4. The molecular weight excluding hydrogens is 235 g/mol. The largest absolute Gasteiger partial charge is 0.471 e. The third-order valence-corrected chi connectivity index (χ3v) is 4.37. The van der Waals surface area contributed by atoms with Gasteiger partial charge in [0.15, 0.2) is 0 Å². The zero-order valence-electron chi connectivity index (χ0n) is 9.20. The first-order valence-electron chi connectivity index (χ1n) is 5.90. The summed E-state index contributed by atoms with van der Waals surface area (Å²) in [7, 11) is 0. The van der Waals surface area contributed by atoms with E-state index in [0.29, 0.717) is 32.1 Å². The van der Waals surface area contributed by atoms with Crippen molar-refractivity contribution in [1.29, 1.82) is 0 Å². The van der Waals surface area contributed by atoms with Crippen LogP contribution in [0.5, 0.6) is 0 Å². The molecule has 0 aromatic carbocycles. The molecule has 96 valence electrons. The van der Waals surface area contributed by atoms with Crippen LogP contribution in [0.25, 0.3) is 0 Å². The molecule has 1 amide bonds. The van der Waals surface area contributed by atoms with Crippen LogP contribution in [0, 0.1) is 5.92 Å². The second-order valence-electron chi connectivity index (χ2n) is 5.69. The van der Waals surface area contributed by atoms with Gasteiger partial charge < -0.3 is 10.0 Å². The van der Waals surface area contributed by atoms with E-state index in [1.54, 1.807) is 0 Å².